The molecule has 0 spiro atoms. The molecule has 0 fully saturated rings. The van der Waals surface area contributed by atoms with Crippen LogP contribution in [0, 0.1) is 12.7 Å². The molecule has 3 rings (SSSR count). The van der Waals surface area contributed by atoms with E-state index < -0.39 is 23.7 Å². The minimum atomic E-state index is -0.548. The van der Waals surface area contributed by atoms with Gasteiger partial charge < -0.3 is 9.88 Å². The largest absolute Gasteiger partial charge is 0.350 e. The Hall–Kier alpha value is -3.23. The third-order valence-corrected chi connectivity index (χ3v) is 5.50. The highest BCUT2D eigenvalue weighted by Gasteiger charge is 2.19. The van der Waals surface area contributed by atoms with E-state index in [1.165, 1.54) is 10.6 Å². The molecular formula is C23H30FN5O3. The van der Waals surface area contributed by atoms with Gasteiger partial charge in [0.15, 0.2) is 11.2 Å². The molecule has 0 saturated carbocycles. The van der Waals surface area contributed by atoms with Crippen molar-refractivity contribution < 1.29 is 9.18 Å². The fraction of sp³-hybridized carbons (Fsp3) is 0.478. The molecule has 1 N–H and O–H groups in total. The van der Waals surface area contributed by atoms with Gasteiger partial charge >= 0.3 is 5.69 Å². The van der Waals surface area contributed by atoms with E-state index in [2.05, 4.69) is 17.2 Å². The van der Waals surface area contributed by atoms with E-state index in [-0.39, 0.29) is 12.4 Å². The van der Waals surface area contributed by atoms with Crippen molar-refractivity contribution >= 4 is 17.1 Å². The molecule has 0 aliphatic rings. The maximum absolute atomic E-state index is 13.7. The van der Waals surface area contributed by atoms with Crippen LogP contribution in [0.15, 0.2) is 34.1 Å². The lowest BCUT2D eigenvalue weighted by molar-refractivity contribution is -0.121. The molecule has 0 bridgehead atoms. The summed E-state index contributed by atoms with van der Waals surface area (Å²) < 4.78 is 17.9. The topological polar surface area (TPSA) is 90.9 Å². The van der Waals surface area contributed by atoms with Crippen molar-refractivity contribution in [2.45, 2.75) is 72.6 Å². The highest BCUT2D eigenvalue weighted by atomic mass is 19.1. The van der Waals surface area contributed by atoms with Crippen LogP contribution < -0.4 is 16.6 Å². The Kier molecular flexibility index (Phi) is 7.61. The number of benzene rings is 1. The van der Waals surface area contributed by atoms with Gasteiger partial charge in [-0.25, -0.2) is 18.7 Å². The fourth-order valence-electron chi connectivity index (χ4n) is 3.54. The van der Waals surface area contributed by atoms with Crippen molar-refractivity contribution in [2.75, 3.05) is 0 Å². The zero-order valence-electron chi connectivity index (χ0n) is 18.9. The van der Waals surface area contributed by atoms with Crippen molar-refractivity contribution in [2.24, 2.45) is 0 Å². The van der Waals surface area contributed by atoms with E-state index >= 15 is 0 Å². The Balaban J connectivity index is 1.91. The van der Waals surface area contributed by atoms with Crippen LogP contribution in [0.3, 0.4) is 0 Å². The summed E-state index contributed by atoms with van der Waals surface area (Å²) in [5.74, 6) is -0.844. The summed E-state index contributed by atoms with van der Waals surface area (Å²) in [5, 5.41) is 2.67. The van der Waals surface area contributed by atoms with Gasteiger partial charge in [0, 0.05) is 19.6 Å². The predicted octanol–water partition coefficient (Wildman–Crippen LogP) is 2.72. The normalized spacial score (nSPS) is 11.2. The highest BCUT2D eigenvalue weighted by molar-refractivity contribution is 5.76. The van der Waals surface area contributed by atoms with Gasteiger partial charge in [0.2, 0.25) is 5.91 Å². The molecular weight excluding hydrogens is 413 g/mol. The monoisotopic (exact) mass is 443 g/mol. The van der Waals surface area contributed by atoms with Crippen molar-refractivity contribution in [3.63, 3.8) is 0 Å². The molecule has 9 heteroatoms. The molecule has 172 valence electrons. The van der Waals surface area contributed by atoms with Crippen LogP contribution in [-0.4, -0.2) is 24.6 Å². The van der Waals surface area contributed by atoms with Gasteiger partial charge in [-0.3, -0.25) is 14.2 Å². The summed E-state index contributed by atoms with van der Waals surface area (Å²) in [6.07, 6.45) is 5.02. The lowest BCUT2D eigenvalue weighted by atomic mass is 10.1. The molecule has 1 aromatic carbocycles. The zero-order valence-corrected chi connectivity index (χ0v) is 18.9. The molecule has 0 unspecified atom stereocenters. The first kappa shape index (κ1) is 23.4. The maximum atomic E-state index is 13.7. The number of imidazole rings is 1. The van der Waals surface area contributed by atoms with Gasteiger partial charge in [0.1, 0.15) is 12.4 Å². The number of nitrogens with zero attached hydrogens (tertiary/aromatic N) is 4. The molecule has 0 aliphatic carbocycles. The summed E-state index contributed by atoms with van der Waals surface area (Å²) in [7, 11) is 0. The molecule has 0 saturated heterocycles. The van der Waals surface area contributed by atoms with Crippen molar-refractivity contribution in [3.05, 3.63) is 62.3 Å². The lowest BCUT2D eigenvalue weighted by Gasteiger charge is -2.13. The van der Waals surface area contributed by atoms with Crippen molar-refractivity contribution in [1.82, 2.24) is 24.0 Å². The number of carbonyl (C=O) groups excluding carboxylic acids is 1. The summed E-state index contributed by atoms with van der Waals surface area (Å²) >= 11 is 0. The Labute approximate surface area is 185 Å². The highest BCUT2D eigenvalue weighted by Crippen LogP contribution is 2.10. The molecule has 2 aromatic heterocycles. The number of rotatable bonds is 10. The fourth-order valence-corrected chi connectivity index (χ4v) is 3.54. The summed E-state index contributed by atoms with van der Waals surface area (Å²) in [6.45, 7) is 6.45. The first-order chi connectivity index (χ1) is 15.4. The molecule has 0 radical (unpaired) electrons. The lowest BCUT2D eigenvalue weighted by Crippen LogP contribution is -2.44. The molecule has 8 nitrogen and oxygen atoms in total. The third kappa shape index (κ3) is 4.98. The van der Waals surface area contributed by atoms with Crippen LogP contribution in [-0.2, 0) is 31.0 Å². The summed E-state index contributed by atoms with van der Waals surface area (Å²) in [5.41, 5.74) is 0.740. The molecule has 1 amide bonds. The van der Waals surface area contributed by atoms with E-state index in [4.69, 9.17) is 0 Å². The van der Waals surface area contributed by atoms with Crippen LogP contribution >= 0.6 is 0 Å². The third-order valence-electron chi connectivity index (χ3n) is 5.50. The van der Waals surface area contributed by atoms with Crippen LogP contribution in [0.4, 0.5) is 4.39 Å². The number of aryl methyl sites for hydroxylation is 3. The van der Waals surface area contributed by atoms with Crippen LogP contribution in [0.5, 0.6) is 0 Å². The number of fused-ring (bicyclic) bond motifs is 1. The Morgan fingerprint density at radius 1 is 1.09 bits per heavy atom. The minimum absolute atomic E-state index is 0.103. The van der Waals surface area contributed by atoms with Gasteiger partial charge in [-0.05, 0) is 37.0 Å². The summed E-state index contributed by atoms with van der Waals surface area (Å²) in [4.78, 5) is 43.1. The SMILES string of the molecule is CCCCn1cnc2c1c(=O)n(CC(=O)NCc1ccc(C)c(F)c1)c(=O)n2CCCC. The van der Waals surface area contributed by atoms with Gasteiger partial charge in [0.25, 0.3) is 5.56 Å². The van der Waals surface area contributed by atoms with E-state index in [0.29, 0.717) is 35.4 Å². The molecule has 3 aromatic rings. The first-order valence-electron chi connectivity index (χ1n) is 11.1. The maximum Gasteiger partial charge on any atom is 0.333 e. The van der Waals surface area contributed by atoms with Crippen LogP contribution in [0.1, 0.15) is 50.7 Å². The number of carbonyl (C=O) groups is 1. The standard InChI is InChI=1S/C23H30FN5O3/c1-4-6-10-27-15-26-21-20(27)22(31)29(23(32)28(21)11-7-5-2)14-19(30)25-13-17-9-8-16(3)18(24)12-17/h8-9,12,15H,4-7,10-11,13-14H2,1-3H3,(H,25,30). The Morgan fingerprint density at radius 3 is 2.50 bits per heavy atom. The molecule has 0 atom stereocenters. The average molecular weight is 444 g/mol. The van der Waals surface area contributed by atoms with E-state index in [1.807, 2.05) is 6.92 Å². The van der Waals surface area contributed by atoms with Crippen molar-refractivity contribution in [3.8, 4) is 0 Å². The van der Waals surface area contributed by atoms with Crippen LogP contribution in [0.2, 0.25) is 0 Å². The number of unbranched alkanes of at least 4 members (excludes halogenated alkanes) is 2. The average Bonchev–Trinajstić information content (AvgIpc) is 3.20. The van der Waals surface area contributed by atoms with Gasteiger partial charge in [-0.15, -0.1) is 0 Å². The number of nitrogens with one attached hydrogen (secondary N) is 1. The predicted molar refractivity (Wildman–Crippen MR) is 121 cm³/mol. The van der Waals surface area contributed by atoms with Crippen LogP contribution in [0.25, 0.3) is 11.2 Å². The number of hydrogen-bond acceptors (Lipinski definition) is 4. The number of hydrogen-bond donors (Lipinski definition) is 1. The smallest absolute Gasteiger partial charge is 0.333 e. The second kappa shape index (κ2) is 10.4. The van der Waals surface area contributed by atoms with E-state index in [1.54, 1.807) is 30.0 Å². The number of amides is 1. The van der Waals surface area contributed by atoms with E-state index in [0.717, 1.165) is 30.3 Å². The number of aromatic nitrogens is 4. The van der Waals surface area contributed by atoms with Crippen molar-refractivity contribution in [1.29, 1.82) is 0 Å². The summed E-state index contributed by atoms with van der Waals surface area (Å²) in [6, 6.07) is 4.72. The minimum Gasteiger partial charge on any atom is -0.350 e. The van der Waals surface area contributed by atoms with Gasteiger partial charge in [0.05, 0.1) is 6.33 Å². The second-order valence-corrected chi connectivity index (χ2v) is 8.00. The molecule has 32 heavy (non-hydrogen) atoms. The molecule has 0 aliphatic heterocycles. The molecule has 2 heterocycles. The van der Waals surface area contributed by atoms with Gasteiger partial charge in [-0.1, -0.05) is 38.8 Å². The Bertz CT molecular complexity index is 1220. The first-order valence-corrected chi connectivity index (χ1v) is 11.1. The Morgan fingerprint density at radius 2 is 1.81 bits per heavy atom. The second-order valence-electron chi connectivity index (χ2n) is 8.00. The zero-order chi connectivity index (χ0) is 23.3. The quantitative estimate of drug-likeness (QED) is 0.522. The van der Waals surface area contributed by atoms with E-state index in [9.17, 15) is 18.8 Å². The number of halogens is 1. The van der Waals surface area contributed by atoms with Gasteiger partial charge in [-0.2, -0.15) is 0 Å².